The van der Waals surface area contributed by atoms with Gasteiger partial charge in [0.05, 0.1) is 19.9 Å². The Bertz CT molecular complexity index is 1130. The van der Waals surface area contributed by atoms with Gasteiger partial charge < -0.3 is 14.6 Å². The maximum absolute atomic E-state index is 12.7. The van der Waals surface area contributed by atoms with Crippen LogP contribution in [-0.2, 0) is 0 Å². The Morgan fingerprint density at radius 2 is 2.00 bits per heavy atom. The van der Waals surface area contributed by atoms with E-state index in [-0.39, 0.29) is 22.9 Å². The third-order valence-corrected chi connectivity index (χ3v) is 9.99. The number of nitrogens with one attached hydrogen (secondary N) is 1. The van der Waals surface area contributed by atoms with Gasteiger partial charge in [-0.2, -0.15) is 0 Å². The van der Waals surface area contributed by atoms with E-state index < -0.39 is 0 Å². The van der Waals surface area contributed by atoms with E-state index >= 15 is 0 Å². The predicted octanol–water partition coefficient (Wildman–Crippen LogP) is 5.24. The average Bonchev–Trinajstić information content (AvgIpc) is 3.48. The first-order chi connectivity index (χ1) is 16.9. The molecule has 2 heterocycles. The molecule has 1 N–H and O–H groups in total. The van der Waals surface area contributed by atoms with Crippen molar-refractivity contribution >= 4 is 17.9 Å². The summed E-state index contributed by atoms with van der Waals surface area (Å²) in [6, 6.07) is 0.208. The SMILES string of the molecule is COc1cn(C2=CCC3C4CC=C5C[C@@H](NC(=O)N6C=CN=CC6)CC[C@]5(C)C4CC[C@]23C)cn1. The lowest BCUT2D eigenvalue weighted by molar-refractivity contribution is -0.0135. The minimum Gasteiger partial charge on any atom is -0.480 e. The number of allylic oxidation sites excluding steroid dienone is 3. The second-order valence-electron chi connectivity index (χ2n) is 11.5. The highest BCUT2D eigenvalue weighted by Gasteiger charge is 2.57. The summed E-state index contributed by atoms with van der Waals surface area (Å²) in [5, 5.41) is 3.29. The Morgan fingerprint density at radius 3 is 2.77 bits per heavy atom. The molecule has 6 atom stereocenters. The van der Waals surface area contributed by atoms with Gasteiger partial charge in [0.2, 0.25) is 5.88 Å². The molecule has 7 nitrogen and oxygen atoms in total. The number of hydrogen-bond donors (Lipinski definition) is 1. The van der Waals surface area contributed by atoms with Crippen LogP contribution in [-0.4, -0.2) is 46.4 Å². The van der Waals surface area contributed by atoms with Crippen LogP contribution >= 0.6 is 0 Å². The summed E-state index contributed by atoms with van der Waals surface area (Å²) in [5.41, 5.74) is 3.43. The van der Waals surface area contributed by atoms with Crippen molar-refractivity contribution in [2.45, 2.75) is 64.8 Å². The van der Waals surface area contributed by atoms with Gasteiger partial charge in [0.25, 0.3) is 0 Å². The van der Waals surface area contributed by atoms with Gasteiger partial charge in [-0.25, -0.2) is 9.78 Å². The van der Waals surface area contributed by atoms with Crippen molar-refractivity contribution in [1.82, 2.24) is 19.8 Å². The highest BCUT2D eigenvalue weighted by Crippen LogP contribution is 2.65. The molecule has 2 fully saturated rings. The third kappa shape index (κ3) is 3.57. The smallest absolute Gasteiger partial charge is 0.322 e. The highest BCUT2D eigenvalue weighted by molar-refractivity contribution is 5.80. The summed E-state index contributed by atoms with van der Waals surface area (Å²) in [7, 11) is 1.68. The number of fused-ring (bicyclic) bond motifs is 5. The molecule has 1 aromatic rings. The highest BCUT2D eigenvalue weighted by atomic mass is 16.5. The summed E-state index contributed by atoms with van der Waals surface area (Å²) < 4.78 is 7.54. The molecule has 2 amide bonds. The summed E-state index contributed by atoms with van der Waals surface area (Å²) in [6.07, 6.45) is 22.1. The zero-order valence-corrected chi connectivity index (χ0v) is 21.1. The van der Waals surface area contributed by atoms with Crippen LogP contribution in [0.1, 0.15) is 58.8 Å². The van der Waals surface area contributed by atoms with Crippen LogP contribution in [0.3, 0.4) is 0 Å². The zero-order chi connectivity index (χ0) is 24.2. The number of carbonyl (C=O) groups excluding carboxylic acids is 1. The topological polar surface area (TPSA) is 71.8 Å². The van der Waals surface area contributed by atoms with E-state index in [2.05, 4.69) is 45.9 Å². The van der Waals surface area contributed by atoms with Crippen molar-refractivity contribution < 1.29 is 9.53 Å². The second kappa shape index (κ2) is 8.38. The van der Waals surface area contributed by atoms with Crippen LogP contribution in [0.15, 0.2) is 47.6 Å². The number of aliphatic imine (C=N–C) groups is 1. The van der Waals surface area contributed by atoms with E-state index in [1.54, 1.807) is 36.2 Å². The van der Waals surface area contributed by atoms with Crippen LogP contribution in [0.5, 0.6) is 5.88 Å². The first kappa shape index (κ1) is 22.6. The molecule has 4 aliphatic carbocycles. The molecule has 35 heavy (non-hydrogen) atoms. The van der Waals surface area contributed by atoms with Crippen LogP contribution in [0.25, 0.3) is 5.70 Å². The van der Waals surface area contributed by atoms with Crippen molar-refractivity contribution in [1.29, 1.82) is 0 Å². The van der Waals surface area contributed by atoms with E-state index in [0.717, 1.165) is 38.0 Å². The first-order valence-corrected chi connectivity index (χ1v) is 13.2. The van der Waals surface area contributed by atoms with Gasteiger partial charge in [0.15, 0.2) is 0 Å². The van der Waals surface area contributed by atoms with Crippen LogP contribution in [0.4, 0.5) is 4.79 Å². The molecule has 7 heteroatoms. The number of aromatic nitrogens is 2. The molecule has 3 unspecified atom stereocenters. The Balaban J connectivity index is 1.17. The van der Waals surface area contributed by atoms with Crippen LogP contribution in [0, 0.1) is 28.6 Å². The summed E-state index contributed by atoms with van der Waals surface area (Å²) >= 11 is 0. The normalized spacial score (nSPS) is 37.6. The van der Waals surface area contributed by atoms with E-state index in [0.29, 0.717) is 24.3 Å². The first-order valence-electron chi connectivity index (χ1n) is 13.2. The molecule has 0 saturated heterocycles. The van der Waals surface area contributed by atoms with Crippen LogP contribution < -0.4 is 10.1 Å². The third-order valence-electron chi connectivity index (χ3n) is 9.99. The molecule has 1 aromatic heterocycles. The molecule has 2 saturated carbocycles. The summed E-state index contributed by atoms with van der Waals surface area (Å²) in [4.78, 5) is 22.9. The Labute approximate surface area is 208 Å². The van der Waals surface area contributed by atoms with Gasteiger partial charge >= 0.3 is 6.03 Å². The zero-order valence-electron chi connectivity index (χ0n) is 21.1. The molecular formula is C28H37N5O2. The van der Waals surface area contributed by atoms with Gasteiger partial charge in [0, 0.05) is 35.8 Å². The lowest BCUT2D eigenvalue weighted by atomic mass is 9.47. The molecule has 5 aliphatic rings. The number of methoxy groups -OCH3 is 1. The summed E-state index contributed by atoms with van der Waals surface area (Å²) in [5.74, 6) is 2.79. The fraction of sp³-hybridized carbons (Fsp3) is 0.607. The maximum atomic E-state index is 12.7. The molecule has 0 spiro atoms. The number of amides is 2. The quantitative estimate of drug-likeness (QED) is 0.608. The van der Waals surface area contributed by atoms with E-state index in [1.165, 1.54) is 18.5 Å². The fourth-order valence-electron chi connectivity index (χ4n) is 8.06. The van der Waals surface area contributed by atoms with Crippen molar-refractivity contribution in [2.24, 2.45) is 33.6 Å². The molecular weight excluding hydrogens is 438 g/mol. The molecule has 0 radical (unpaired) electrons. The van der Waals surface area contributed by atoms with E-state index in [4.69, 9.17) is 4.74 Å². The van der Waals surface area contributed by atoms with Gasteiger partial charge in [-0.05, 0) is 68.1 Å². The summed E-state index contributed by atoms with van der Waals surface area (Å²) in [6.45, 7) is 5.54. The van der Waals surface area contributed by atoms with Crippen molar-refractivity contribution in [2.75, 3.05) is 13.7 Å². The van der Waals surface area contributed by atoms with Crippen molar-refractivity contribution in [3.05, 3.63) is 42.6 Å². The number of imidazole rings is 1. The lowest BCUT2D eigenvalue weighted by Gasteiger charge is -2.58. The van der Waals surface area contributed by atoms with Gasteiger partial charge in [0.1, 0.15) is 6.33 Å². The monoisotopic (exact) mass is 475 g/mol. The predicted molar refractivity (Wildman–Crippen MR) is 137 cm³/mol. The molecule has 6 rings (SSSR count). The van der Waals surface area contributed by atoms with Crippen LogP contribution in [0.2, 0.25) is 0 Å². The minimum atomic E-state index is -0.00980. The molecule has 0 aromatic carbocycles. The Morgan fingerprint density at radius 1 is 1.14 bits per heavy atom. The van der Waals surface area contributed by atoms with Gasteiger partial charge in [-0.1, -0.05) is 31.6 Å². The maximum Gasteiger partial charge on any atom is 0.322 e. The number of rotatable bonds is 3. The van der Waals surface area contributed by atoms with Crippen molar-refractivity contribution in [3.63, 3.8) is 0 Å². The molecule has 0 bridgehead atoms. The van der Waals surface area contributed by atoms with E-state index in [1.807, 2.05) is 12.5 Å². The Kier molecular flexibility index (Phi) is 5.42. The number of carbonyl (C=O) groups is 1. The van der Waals surface area contributed by atoms with Gasteiger partial charge in [-0.15, -0.1) is 0 Å². The number of ether oxygens (including phenoxy) is 1. The molecule has 186 valence electrons. The minimum absolute atomic E-state index is 0.00980. The number of urea groups is 1. The average molecular weight is 476 g/mol. The molecule has 1 aliphatic heterocycles. The fourth-order valence-corrected chi connectivity index (χ4v) is 8.06. The number of nitrogens with zero attached hydrogens (tertiary/aromatic N) is 4. The van der Waals surface area contributed by atoms with Crippen molar-refractivity contribution in [3.8, 4) is 5.88 Å². The largest absolute Gasteiger partial charge is 0.480 e. The standard InChI is InChI=1S/C28H37N5O2/c1-27-10-8-20(31-26(34)32-14-12-29-13-15-32)16-19(27)4-5-21-22-6-7-24(28(22,2)11-9-23(21)27)33-17-25(35-3)30-18-33/h4,7,12-14,17-18,20-23H,5-6,8-11,15-16H2,1-3H3,(H,31,34)/t20-,21?,22?,23?,27-,28-/m0/s1. The number of hydrogen-bond acceptors (Lipinski definition) is 4. The van der Waals surface area contributed by atoms with E-state index in [9.17, 15) is 4.79 Å². The van der Waals surface area contributed by atoms with Gasteiger partial charge in [-0.3, -0.25) is 9.89 Å². The lowest BCUT2D eigenvalue weighted by Crippen LogP contribution is -2.52. The Hall–Kier alpha value is -2.83. The second-order valence-corrected chi connectivity index (χ2v) is 11.5.